The van der Waals surface area contributed by atoms with Crippen molar-refractivity contribution in [3.8, 4) is 5.75 Å². The van der Waals surface area contributed by atoms with E-state index in [-0.39, 0.29) is 17.4 Å². The van der Waals surface area contributed by atoms with Gasteiger partial charge in [-0.15, -0.1) is 0 Å². The molecule has 1 saturated heterocycles. The smallest absolute Gasteiger partial charge is 0.234 e. The van der Waals surface area contributed by atoms with Crippen LogP contribution in [0.2, 0.25) is 0 Å². The Hall–Kier alpha value is -2.37. The molecule has 1 amide bonds. The fourth-order valence-electron chi connectivity index (χ4n) is 4.06. The number of nitrogens with zero attached hydrogens (tertiary/aromatic N) is 1. The van der Waals surface area contributed by atoms with E-state index in [1.54, 1.807) is 7.11 Å². The molecule has 1 fully saturated rings. The summed E-state index contributed by atoms with van der Waals surface area (Å²) >= 11 is 0. The first-order valence-corrected chi connectivity index (χ1v) is 10.3. The molecule has 0 spiro atoms. The molecule has 1 heterocycles. The van der Waals surface area contributed by atoms with Crippen LogP contribution >= 0.6 is 0 Å². The average molecular weight is 397 g/mol. The molecule has 1 atom stereocenters. The molecule has 1 aliphatic rings. The number of carbonyl (C=O) groups excluding carboxylic acids is 1. The van der Waals surface area contributed by atoms with Crippen molar-refractivity contribution in [1.29, 1.82) is 0 Å². The van der Waals surface area contributed by atoms with Crippen molar-refractivity contribution in [2.75, 3.05) is 40.5 Å². The Morgan fingerprint density at radius 3 is 2.48 bits per heavy atom. The van der Waals surface area contributed by atoms with Gasteiger partial charge >= 0.3 is 0 Å². The highest BCUT2D eigenvalue weighted by atomic mass is 16.5. The zero-order valence-corrected chi connectivity index (χ0v) is 17.7. The molecule has 0 unspecified atom stereocenters. The third-order valence-corrected chi connectivity index (χ3v) is 6.10. The van der Waals surface area contributed by atoms with Gasteiger partial charge in [0.2, 0.25) is 5.91 Å². The number of nitrogens with one attached hydrogen (secondary N) is 1. The van der Waals surface area contributed by atoms with Gasteiger partial charge in [0.1, 0.15) is 5.75 Å². The Morgan fingerprint density at radius 2 is 1.79 bits per heavy atom. The number of benzene rings is 2. The predicted octanol–water partition coefficient (Wildman–Crippen LogP) is 3.55. The van der Waals surface area contributed by atoms with Crippen molar-refractivity contribution >= 4 is 5.91 Å². The average Bonchev–Trinajstić information content (AvgIpc) is 2.78. The zero-order chi connectivity index (χ0) is 20.7. The molecule has 0 aliphatic carbocycles. The van der Waals surface area contributed by atoms with Crippen LogP contribution in [0.1, 0.15) is 36.9 Å². The minimum Gasteiger partial charge on any atom is -0.496 e. The Balaban J connectivity index is 1.62. The molecule has 0 radical (unpaired) electrons. The second-order valence-corrected chi connectivity index (χ2v) is 7.87. The van der Waals surface area contributed by atoms with Crippen LogP contribution < -0.4 is 10.1 Å². The minimum atomic E-state index is -0.0536. The summed E-state index contributed by atoms with van der Waals surface area (Å²) in [7, 11) is 3.65. The number of likely N-dealkylation sites (N-methyl/N-ethyl adjacent to an activating group) is 1. The van der Waals surface area contributed by atoms with Crippen LogP contribution in [0.15, 0.2) is 54.6 Å². The third kappa shape index (κ3) is 5.17. The lowest BCUT2D eigenvalue weighted by atomic mass is 9.74. The highest BCUT2D eigenvalue weighted by Gasteiger charge is 2.34. The van der Waals surface area contributed by atoms with Crippen molar-refractivity contribution in [2.24, 2.45) is 0 Å². The number of ether oxygens (including phenoxy) is 2. The van der Waals surface area contributed by atoms with Crippen molar-refractivity contribution < 1.29 is 14.3 Å². The first-order chi connectivity index (χ1) is 14.1. The van der Waals surface area contributed by atoms with Crippen molar-refractivity contribution in [2.45, 2.75) is 31.2 Å². The summed E-state index contributed by atoms with van der Waals surface area (Å²) in [6, 6.07) is 18.5. The van der Waals surface area contributed by atoms with Gasteiger partial charge in [-0.2, -0.15) is 0 Å². The molecule has 1 aliphatic heterocycles. The molecule has 3 rings (SSSR count). The summed E-state index contributed by atoms with van der Waals surface area (Å²) in [5.74, 6) is 0.883. The number of methoxy groups -OCH3 is 1. The Bertz CT molecular complexity index is 788. The van der Waals surface area contributed by atoms with Crippen LogP contribution in [0.4, 0.5) is 0 Å². The van der Waals surface area contributed by atoms with Gasteiger partial charge in [0.05, 0.1) is 13.7 Å². The second-order valence-electron chi connectivity index (χ2n) is 7.87. The third-order valence-electron chi connectivity index (χ3n) is 6.10. The molecule has 0 saturated carbocycles. The lowest BCUT2D eigenvalue weighted by Crippen LogP contribution is -2.46. The van der Waals surface area contributed by atoms with Crippen LogP contribution in [-0.4, -0.2) is 51.3 Å². The lowest BCUT2D eigenvalue weighted by molar-refractivity contribution is -0.122. The van der Waals surface area contributed by atoms with Gasteiger partial charge in [-0.25, -0.2) is 0 Å². The first-order valence-electron chi connectivity index (χ1n) is 10.3. The first kappa shape index (κ1) is 21.3. The van der Waals surface area contributed by atoms with Crippen LogP contribution in [0.25, 0.3) is 0 Å². The highest BCUT2D eigenvalue weighted by molar-refractivity contribution is 5.78. The summed E-state index contributed by atoms with van der Waals surface area (Å²) in [6.07, 6.45) is 1.84. The van der Waals surface area contributed by atoms with E-state index in [9.17, 15) is 4.79 Å². The maximum absolute atomic E-state index is 12.7. The topological polar surface area (TPSA) is 50.8 Å². The number of hydrogen-bond donors (Lipinski definition) is 1. The van der Waals surface area contributed by atoms with E-state index in [1.165, 1.54) is 5.56 Å². The number of hydrogen-bond acceptors (Lipinski definition) is 4. The maximum atomic E-state index is 12.7. The lowest BCUT2D eigenvalue weighted by Gasteiger charge is -2.38. The molecule has 2 aromatic carbocycles. The van der Waals surface area contributed by atoms with Crippen molar-refractivity contribution in [3.63, 3.8) is 0 Å². The quantitative estimate of drug-likeness (QED) is 0.741. The molecule has 0 aromatic heterocycles. The molecule has 0 bridgehead atoms. The molecular weight excluding hydrogens is 364 g/mol. The van der Waals surface area contributed by atoms with E-state index in [0.29, 0.717) is 13.1 Å². The SMILES string of the molecule is COc1ccccc1[C@@H](C)N(C)CC(=O)NCC1(c2ccccc2)CCOCC1. The number of carbonyl (C=O) groups is 1. The van der Waals surface area contributed by atoms with Gasteiger partial charge in [0, 0.05) is 36.8 Å². The summed E-state index contributed by atoms with van der Waals surface area (Å²) in [4.78, 5) is 14.8. The van der Waals surface area contributed by atoms with Crippen molar-refractivity contribution in [1.82, 2.24) is 10.2 Å². The number of rotatable bonds is 8. The summed E-state index contributed by atoms with van der Waals surface area (Å²) < 4.78 is 11.1. The molecule has 1 N–H and O–H groups in total. The van der Waals surface area contributed by atoms with Gasteiger partial charge < -0.3 is 14.8 Å². The Kier molecular flexibility index (Phi) is 7.29. The van der Waals surface area contributed by atoms with E-state index in [2.05, 4.69) is 36.5 Å². The van der Waals surface area contributed by atoms with E-state index < -0.39 is 0 Å². The fraction of sp³-hybridized carbons (Fsp3) is 0.458. The van der Waals surface area contributed by atoms with E-state index in [0.717, 1.165) is 37.4 Å². The van der Waals surface area contributed by atoms with Gasteiger partial charge in [-0.1, -0.05) is 48.5 Å². The standard InChI is InChI=1S/C24H32N2O3/c1-19(21-11-7-8-12-22(21)28-3)26(2)17-23(27)25-18-24(13-15-29-16-14-24)20-9-5-4-6-10-20/h4-12,19H,13-18H2,1-3H3,(H,25,27)/t19-/m1/s1. The largest absolute Gasteiger partial charge is 0.496 e. The molecule has 2 aromatic rings. The Labute approximate surface area is 174 Å². The number of para-hydroxylation sites is 1. The molecule has 5 heteroatoms. The van der Waals surface area contributed by atoms with E-state index in [1.807, 2.05) is 42.3 Å². The van der Waals surface area contributed by atoms with Gasteiger partial charge in [0.25, 0.3) is 0 Å². The van der Waals surface area contributed by atoms with Crippen LogP contribution in [-0.2, 0) is 14.9 Å². The van der Waals surface area contributed by atoms with E-state index >= 15 is 0 Å². The normalized spacial score (nSPS) is 17.0. The van der Waals surface area contributed by atoms with Crippen LogP contribution in [0.5, 0.6) is 5.75 Å². The zero-order valence-electron chi connectivity index (χ0n) is 17.7. The second kappa shape index (κ2) is 9.90. The molecule has 29 heavy (non-hydrogen) atoms. The summed E-state index contributed by atoms with van der Waals surface area (Å²) in [6.45, 7) is 4.52. The van der Waals surface area contributed by atoms with Gasteiger partial charge in [-0.3, -0.25) is 9.69 Å². The fourth-order valence-corrected chi connectivity index (χ4v) is 4.06. The van der Waals surface area contributed by atoms with Crippen molar-refractivity contribution in [3.05, 3.63) is 65.7 Å². The predicted molar refractivity (Wildman–Crippen MR) is 115 cm³/mol. The van der Waals surface area contributed by atoms with Gasteiger partial charge in [-0.05, 0) is 38.4 Å². The minimum absolute atomic E-state index is 0.0380. The molecule has 5 nitrogen and oxygen atoms in total. The summed E-state index contributed by atoms with van der Waals surface area (Å²) in [5, 5.41) is 3.19. The summed E-state index contributed by atoms with van der Waals surface area (Å²) in [5.41, 5.74) is 2.30. The molecule has 156 valence electrons. The highest BCUT2D eigenvalue weighted by Crippen LogP contribution is 2.34. The van der Waals surface area contributed by atoms with Crippen LogP contribution in [0.3, 0.4) is 0 Å². The maximum Gasteiger partial charge on any atom is 0.234 e. The Morgan fingerprint density at radius 1 is 1.14 bits per heavy atom. The monoisotopic (exact) mass is 396 g/mol. The molecular formula is C24H32N2O3. The van der Waals surface area contributed by atoms with E-state index in [4.69, 9.17) is 9.47 Å². The number of amides is 1. The van der Waals surface area contributed by atoms with Crippen LogP contribution in [0, 0.1) is 0 Å². The van der Waals surface area contributed by atoms with Gasteiger partial charge in [0.15, 0.2) is 0 Å².